The first-order chi connectivity index (χ1) is 11.8. The lowest BCUT2D eigenvalue weighted by molar-refractivity contribution is -0.141. The summed E-state index contributed by atoms with van der Waals surface area (Å²) in [4.78, 5) is 12.2. The Morgan fingerprint density at radius 1 is 1.35 bits per heavy atom. The number of carbonyl (C=O) groups excluding carboxylic acids is 1. The van der Waals surface area contributed by atoms with E-state index < -0.39 is 18.0 Å². The summed E-state index contributed by atoms with van der Waals surface area (Å²) in [5, 5.41) is 19.0. The minimum Gasteiger partial charge on any atom is -0.391 e. The van der Waals surface area contributed by atoms with E-state index in [9.17, 15) is 23.1 Å². The third-order valence-corrected chi connectivity index (χ3v) is 4.08. The molecule has 2 heterocycles. The minimum absolute atomic E-state index is 0. The molecule has 0 saturated carbocycles. The van der Waals surface area contributed by atoms with Gasteiger partial charge in [-0.25, -0.2) is 4.68 Å². The summed E-state index contributed by atoms with van der Waals surface area (Å²) in [5.41, 5.74) is -0.335. The lowest BCUT2D eigenvalue weighted by Crippen LogP contribution is -2.34. The number of rotatable bonds is 4. The number of hydrogen-bond donors (Lipinski definition) is 3. The van der Waals surface area contributed by atoms with Crippen molar-refractivity contribution in [2.24, 2.45) is 5.92 Å². The average Bonchev–Trinajstić information content (AvgIpc) is 3.21. The highest BCUT2D eigenvalue weighted by Gasteiger charge is 2.33. The number of nitrogens with one attached hydrogen (secondary N) is 2. The number of halogens is 4. The van der Waals surface area contributed by atoms with Gasteiger partial charge in [0.2, 0.25) is 0 Å². The van der Waals surface area contributed by atoms with Crippen molar-refractivity contribution in [3.8, 4) is 5.69 Å². The number of amides is 1. The zero-order valence-electron chi connectivity index (χ0n) is 13.5. The predicted octanol–water partition coefficient (Wildman–Crippen LogP) is 1.62. The van der Waals surface area contributed by atoms with Gasteiger partial charge in [0, 0.05) is 37.3 Å². The van der Waals surface area contributed by atoms with Gasteiger partial charge >= 0.3 is 6.18 Å². The lowest BCUT2D eigenvalue weighted by Gasteiger charge is -2.14. The maximum atomic E-state index is 12.6. The quantitative estimate of drug-likeness (QED) is 0.741. The van der Waals surface area contributed by atoms with Gasteiger partial charge in [0.05, 0.1) is 11.8 Å². The van der Waals surface area contributed by atoms with Crippen molar-refractivity contribution in [2.45, 2.75) is 12.3 Å². The first kappa shape index (κ1) is 20.2. The SMILES string of the molecule is Cl.O=C(NCC1CNCC1O)c1cccc(-n2ccc(C(F)(F)F)n2)c1. The summed E-state index contributed by atoms with van der Waals surface area (Å²) < 4.78 is 39.0. The van der Waals surface area contributed by atoms with Crippen molar-refractivity contribution in [3.05, 3.63) is 47.8 Å². The molecule has 1 amide bonds. The smallest absolute Gasteiger partial charge is 0.391 e. The average molecular weight is 391 g/mol. The van der Waals surface area contributed by atoms with E-state index in [1.165, 1.54) is 12.3 Å². The van der Waals surface area contributed by atoms with Gasteiger partial charge in [-0.1, -0.05) is 6.07 Å². The molecule has 6 nitrogen and oxygen atoms in total. The maximum absolute atomic E-state index is 12.6. The van der Waals surface area contributed by atoms with Crippen LogP contribution in [0.4, 0.5) is 13.2 Å². The Balaban J connectivity index is 0.00000243. The summed E-state index contributed by atoms with van der Waals surface area (Å²) >= 11 is 0. The minimum atomic E-state index is -4.52. The highest BCUT2D eigenvalue weighted by molar-refractivity contribution is 5.94. The molecule has 1 aliphatic rings. The molecule has 142 valence electrons. The first-order valence-corrected chi connectivity index (χ1v) is 7.75. The molecule has 0 spiro atoms. The molecule has 26 heavy (non-hydrogen) atoms. The van der Waals surface area contributed by atoms with Gasteiger partial charge in [-0.2, -0.15) is 18.3 Å². The summed E-state index contributed by atoms with van der Waals surface area (Å²) in [6.45, 7) is 1.43. The van der Waals surface area contributed by atoms with E-state index in [1.807, 2.05) is 0 Å². The van der Waals surface area contributed by atoms with E-state index >= 15 is 0 Å². The van der Waals surface area contributed by atoms with Crippen LogP contribution in [0.1, 0.15) is 16.1 Å². The van der Waals surface area contributed by atoms with Crippen LogP contribution in [-0.2, 0) is 6.18 Å². The van der Waals surface area contributed by atoms with Crippen molar-refractivity contribution in [3.63, 3.8) is 0 Å². The van der Waals surface area contributed by atoms with E-state index in [0.717, 1.165) is 10.7 Å². The van der Waals surface area contributed by atoms with Crippen molar-refractivity contribution < 1.29 is 23.1 Å². The highest BCUT2D eigenvalue weighted by Crippen LogP contribution is 2.27. The maximum Gasteiger partial charge on any atom is 0.435 e. The second-order valence-corrected chi connectivity index (χ2v) is 5.89. The van der Waals surface area contributed by atoms with Crippen LogP contribution >= 0.6 is 12.4 Å². The van der Waals surface area contributed by atoms with Crippen LogP contribution in [0, 0.1) is 5.92 Å². The first-order valence-electron chi connectivity index (χ1n) is 7.75. The Labute approximate surface area is 153 Å². The molecule has 1 aromatic heterocycles. The van der Waals surface area contributed by atoms with Gasteiger partial charge in [0.1, 0.15) is 0 Å². The molecule has 2 unspecified atom stereocenters. The zero-order chi connectivity index (χ0) is 18.0. The standard InChI is InChI=1S/C16H17F3N4O2.ClH/c17-16(18,19)14-4-5-23(22-14)12-3-1-2-10(6-12)15(25)21-8-11-7-20-9-13(11)24;/h1-6,11,13,20,24H,7-9H2,(H,21,25);1H. The Kier molecular flexibility index (Phi) is 6.27. The van der Waals surface area contributed by atoms with Crippen molar-refractivity contribution in [2.75, 3.05) is 19.6 Å². The van der Waals surface area contributed by atoms with Gasteiger partial charge in [-0.3, -0.25) is 4.79 Å². The van der Waals surface area contributed by atoms with Crippen LogP contribution < -0.4 is 10.6 Å². The summed E-state index contributed by atoms with van der Waals surface area (Å²) in [6, 6.07) is 7.04. The van der Waals surface area contributed by atoms with Crippen molar-refractivity contribution in [1.29, 1.82) is 0 Å². The summed E-state index contributed by atoms with van der Waals surface area (Å²) in [6.07, 6.45) is -3.83. The summed E-state index contributed by atoms with van der Waals surface area (Å²) in [7, 11) is 0. The van der Waals surface area contributed by atoms with E-state index in [4.69, 9.17) is 0 Å². The fraction of sp³-hybridized carbons (Fsp3) is 0.375. The molecule has 3 N–H and O–H groups in total. The Morgan fingerprint density at radius 3 is 2.73 bits per heavy atom. The molecular weight excluding hydrogens is 373 g/mol. The second kappa shape index (κ2) is 8.07. The molecule has 2 atom stereocenters. The number of carbonyl (C=O) groups is 1. The largest absolute Gasteiger partial charge is 0.435 e. The van der Waals surface area contributed by atoms with E-state index in [2.05, 4.69) is 15.7 Å². The molecule has 0 bridgehead atoms. The Hall–Kier alpha value is -2.10. The number of benzene rings is 1. The van der Waals surface area contributed by atoms with Gasteiger partial charge in [-0.05, 0) is 24.3 Å². The van der Waals surface area contributed by atoms with Crippen LogP contribution in [0.25, 0.3) is 5.69 Å². The number of alkyl halides is 3. The molecule has 2 aromatic rings. The fourth-order valence-electron chi connectivity index (χ4n) is 2.66. The summed E-state index contributed by atoms with van der Waals surface area (Å²) in [5.74, 6) is -0.420. The molecule has 1 saturated heterocycles. The van der Waals surface area contributed by atoms with E-state index in [0.29, 0.717) is 30.9 Å². The number of aliphatic hydroxyl groups excluding tert-OH is 1. The zero-order valence-corrected chi connectivity index (χ0v) is 14.3. The second-order valence-electron chi connectivity index (χ2n) is 5.89. The number of nitrogens with zero attached hydrogens (tertiary/aromatic N) is 2. The van der Waals surface area contributed by atoms with E-state index in [-0.39, 0.29) is 24.2 Å². The molecule has 1 fully saturated rings. The number of aliphatic hydroxyl groups is 1. The third kappa shape index (κ3) is 4.54. The Bertz CT molecular complexity index is 766. The lowest BCUT2D eigenvalue weighted by atomic mass is 10.1. The molecule has 0 aliphatic carbocycles. The van der Waals surface area contributed by atoms with Gasteiger partial charge < -0.3 is 15.7 Å². The van der Waals surface area contributed by atoms with Crippen molar-refractivity contribution >= 4 is 18.3 Å². The topological polar surface area (TPSA) is 79.2 Å². The van der Waals surface area contributed by atoms with Crippen LogP contribution in [0.3, 0.4) is 0 Å². The molecule has 0 radical (unpaired) electrons. The number of β-amino-alcohol motifs (C(OH)–C–C–N with tert-alkyl or cyclic N) is 1. The Morgan fingerprint density at radius 2 is 2.12 bits per heavy atom. The van der Waals surface area contributed by atoms with Crippen LogP contribution in [0.5, 0.6) is 0 Å². The molecular formula is C16H18ClF3N4O2. The van der Waals surface area contributed by atoms with Crippen molar-refractivity contribution in [1.82, 2.24) is 20.4 Å². The monoisotopic (exact) mass is 390 g/mol. The van der Waals surface area contributed by atoms with Gasteiger partial charge in [-0.15, -0.1) is 12.4 Å². The van der Waals surface area contributed by atoms with Crippen LogP contribution in [0.2, 0.25) is 0 Å². The molecule has 1 aliphatic heterocycles. The normalized spacial score (nSPS) is 19.8. The number of hydrogen-bond acceptors (Lipinski definition) is 4. The van der Waals surface area contributed by atoms with Crippen LogP contribution in [-0.4, -0.2) is 46.5 Å². The van der Waals surface area contributed by atoms with E-state index in [1.54, 1.807) is 18.2 Å². The third-order valence-electron chi connectivity index (χ3n) is 4.08. The van der Waals surface area contributed by atoms with Crippen LogP contribution in [0.15, 0.2) is 36.5 Å². The molecule has 3 rings (SSSR count). The molecule has 10 heteroatoms. The van der Waals surface area contributed by atoms with Gasteiger partial charge in [0.15, 0.2) is 5.69 Å². The number of aromatic nitrogens is 2. The molecule has 1 aromatic carbocycles. The van der Waals surface area contributed by atoms with Gasteiger partial charge in [0.25, 0.3) is 5.91 Å². The fourth-order valence-corrected chi connectivity index (χ4v) is 2.66. The predicted molar refractivity (Wildman–Crippen MR) is 90.5 cm³/mol. The highest BCUT2D eigenvalue weighted by atomic mass is 35.5.